The van der Waals surface area contributed by atoms with E-state index >= 15 is 0 Å². The fourth-order valence-corrected chi connectivity index (χ4v) is 1.69. The van der Waals surface area contributed by atoms with E-state index in [9.17, 15) is 0 Å². The molecule has 0 spiro atoms. The van der Waals surface area contributed by atoms with Crippen LogP contribution >= 0.6 is 0 Å². The topological polar surface area (TPSA) is 67.1 Å². The molecule has 0 saturated carbocycles. The summed E-state index contributed by atoms with van der Waals surface area (Å²) in [5.74, 6) is 0.835. The third kappa shape index (κ3) is 1.46. The van der Waals surface area contributed by atoms with Crippen LogP contribution in [0.5, 0.6) is 0 Å². The van der Waals surface area contributed by atoms with Crippen molar-refractivity contribution in [3.63, 3.8) is 0 Å². The summed E-state index contributed by atoms with van der Waals surface area (Å²) in [6.07, 6.45) is 1.91. The van der Waals surface area contributed by atoms with E-state index in [4.69, 9.17) is 11.0 Å². The van der Waals surface area contributed by atoms with Gasteiger partial charge in [-0.15, -0.1) is 0 Å². The first-order valence-corrected chi connectivity index (χ1v) is 5.18. The van der Waals surface area contributed by atoms with Gasteiger partial charge < -0.3 is 10.1 Å². The zero-order valence-electron chi connectivity index (χ0n) is 9.44. The largest absolute Gasteiger partial charge is 0.329 e. The first-order chi connectivity index (χ1) is 7.60. The Morgan fingerprint density at radius 2 is 2.25 bits per heavy atom. The molecule has 0 fully saturated rings. The fraction of sp³-hybridized carbons (Fsp3) is 0.333. The molecular formula is C12H14N4. The number of nitrogens with two attached hydrogens (primary N) is 1. The van der Waals surface area contributed by atoms with Crippen LogP contribution in [0.1, 0.15) is 25.4 Å². The summed E-state index contributed by atoms with van der Waals surface area (Å²) in [5, 5.41) is 9.03. The van der Waals surface area contributed by atoms with Crippen LogP contribution in [0, 0.1) is 11.3 Å². The van der Waals surface area contributed by atoms with Gasteiger partial charge in [0.15, 0.2) is 5.69 Å². The number of rotatable bonds is 2. The summed E-state index contributed by atoms with van der Waals surface area (Å²) in [4.78, 5) is 4.37. The predicted octanol–water partition coefficient (Wildman–Crippen LogP) is 1.44. The Morgan fingerprint density at radius 3 is 2.88 bits per heavy atom. The second kappa shape index (κ2) is 3.62. The lowest BCUT2D eigenvalue weighted by atomic mass is 9.93. The highest BCUT2D eigenvalue weighted by Gasteiger charge is 2.25. The van der Waals surface area contributed by atoms with Gasteiger partial charge in [0.05, 0.1) is 5.52 Å². The molecule has 2 aromatic heterocycles. The summed E-state index contributed by atoms with van der Waals surface area (Å²) in [6, 6.07) is 7.83. The molecule has 2 aromatic rings. The van der Waals surface area contributed by atoms with Crippen molar-refractivity contribution in [2.45, 2.75) is 19.3 Å². The molecule has 82 valence electrons. The SMILES string of the molecule is CC(C)(CN)c1nc(C#N)c2ccccn12. The van der Waals surface area contributed by atoms with Gasteiger partial charge in [0.25, 0.3) is 0 Å². The van der Waals surface area contributed by atoms with E-state index in [0.29, 0.717) is 12.2 Å². The number of imidazole rings is 1. The zero-order chi connectivity index (χ0) is 11.8. The lowest BCUT2D eigenvalue weighted by molar-refractivity contribution is 0.500. The van der Waals surface area contributed by atoms with Gasteiger partial charge in [0, 0.05) is 18.2 Å². The minimum atomic E-state index is -0.237. The second-order valence-corrected chi connectivity index (χ2v) is 4.44. The Hall–Kier alpha value is -1.86. The third-order valence-corrected chi connectivity index (χ3v) is 2.77. The molecule has 0 aromatic carbocycles. The quantitative estimate of drug-likeness (QED) is 0.822. The number of nitrogens with zero attached hydrogens (tertiary/aromatic N) is 3. The zero-order valence-corrected chi connectivity index (χ0v) is 9.44. The van der Waals surface area contributed by atoms with Crippen LogP contribution in [-0.2, 0) is 5.41 Å². The maximum Gasteiger partial charge on any atom is 0.166 e. The molecule has 4 heteroatoms. The van der Waals surface area contributed by atoms with Crippen LogP contribution in [0.4, 0.5) is 0 Å². The Kier molecular flexibility index (Phi) is 2.41. The van der Waals surface area contributed by atoms with Gasteiger partial charge in [-0.2, -0.15) is 5.26 Å². The number of nitriles is 1. The molecule has 0 radical (unpaired) electrons. The fourth-order valence-electron chi connectivity index (χ4n) is 1.69. The van der Waals surface area contributed by atoms with E-state index in [2.05, 4.69) is 11.1 Å². The molecule has 0 amide bonds. The number of fused-ring (bicyclic) bond motifs is 1. The van der Waals surface area contributed by atoms with Gasteiger partial charge in [0.2, 0.25) is 0 Å². The summed E-state index contributed by atoms with van der Waals surface area (Å²) in [7, 11) is 0. The van der Waals surface area contributed by atoms with Crippen molar-refractivity contribution in [1.29, 1.82) is 5.26 Å². The highest BCUT2D eigenvalue weighted by molar-refractivity contribution is 5.59. The summed E-state index contributed by atoms with van der Waals surface area (Å²) in [6.45, 7) is 4.54. The molecule has 0 bridgehead atoms. The van der Waals surface area contributed by atoms with Crippen molar-refractivity contribution in [3.8, 4) is 6.07 Å². The van der Waals surface area contributed by atoms with Crippen molar-refractivity contribution in [3.05, 3.63) is 35.9 Å². The molecule has 0 atom stereocenters. The Balaban J connectivity index is 2.78. The molecule has 4 nitrogen and oxygen atoms in total. The average molecular weight is 214 g/mol. The number of pyridine rings is 1. The van der Waals surface area contributed by atoms with Crippen molar-refractivity contribution < 1.29 is 0 Å². The smallest absolute Gasteiger partial charge is 0.166 e. The minimum Gasteiger partial charge on any atom is -0.329 e. The maximum atomic E-state index is 9.03. The van der Waals surface area contributed by atoms with E-state index in [1.54, 1.807) is 0 Å². The second-order valence-electron chi connectivity index (χ2n) is 4.44. The van der Waals surface area contributed by atoms with Crippen molar-refractivity contribution in [1.82, 2.24) is 9.38 Å². The molecule has 0 saturated heterocycles. The van der Waals surface area contributed by atoms with E-state index in [-0.39, 0.29) is 5.41 Å². The average Bonchev–Trinajstić information content (AvgIpc) is 2.68. The summed E-state index contributed by atoms with van der Waals surface area (Å²) < 4.78 is 1.94. The monoisotopic (exact) mass is 214 g/mol. The first-order valence-electron chi connectivity index (χ1n) is 5.18. The van der Waals surface area contributed by atoms with Gasteiger partial charge >= 0.3 is 0 Å². The molecule has 0 aliphatic heterocycles. The molecule has 2 heterocycles. The number of hydrogen-bond donors (Lipinski definition) is 1. The predicted molar refractivity (Wildman–Crippen MR) is 62.0 cm³/mol. The normalized spacial score (nSPS) is 11.6. The van der Waals surface area contributed by atoms with Gasteiger partial charge in [-0.3, -0.25) is 0 Å². The number of hydrogen-bond acceptors (Lipinski definition) is 3. The molecule has 0 aliphatic rings. The standard InChI is InChI=1S/C12H14N4/c1-12(2,8-14)11-15-9(7-13)10-5-3-4-6-16(10)11/h3-6H,8,14H2,1-2H3. The molecule has 0 aliphatic carbocycles. The van der Waals surface area contributed by atoms with Crippen LogP contribution < -0.4 is 5.73 Å². The van der Waals surface area contributed by atoms with Gasteiger partial charge in [-0.25, -0.2) is 4.98 Å². The molecular weight excluding hydrogens is 200 g/mol. The van der Waals surface area contributed by atoms with E-state index < -0.39 is 0 Å². The van der Waals surface area contributed by atoms with E-state index in [0.717, 1.165) is 11.3 Å². The lowest BCUT2D eigenvalue weighted by Gasteiger charge is -2.20. The minimum absolute atomic E-state index is 0.237. The Bertz CT molecular complexity index is 560. The Labute approximate surface area is 94.3 Å². The summed E-state index contributed by atoms with van der Waals surface area (Å²) in [5.41, 5.74) is 6.80. The Morgan fingerprint density at radius 1 is 1.50 bits per heavy atom. The first kappa shape index (κ1) is 10.7. The third-order valence-electron chi connectivity index (χ3n) is 2.77. The van der Waals surface area contributed by atoms with Crippen LogP contribution in [0.15, 0.2) is 24.4 Å². The van der Waals surface area contributed by atoms with Crippen molar-refractivity contribution in [2.75, 3.05) is 6.54 Å². The van der Waals surface area contributed by atoms with Crippen LogP contribution in [-0.4, -0.2) is 15.9 Å². The van der Waals surface area contributed by atoms with Gasteiger partial charge in [-0.1, -0.05) is 19.9 Å². The van der Waals surface area contributed by atoms with E-state index in [1.807, 2.05) is 42.6 Å². The van der Waals surface area contributed by atoms with Gasteiger partial charge in [-0.05, 0) is 12.1 Å². The molecule has 0 unspecified atom stereocenters. The van der Waals surface area contributed by atoms with Gasteiger partial charge in [0.1, 0.15) is 11.9 Å². The van der Waals surface area contributed by atoms with Crippen molar-refractivity contribution >= 4 is 5.52 Å². The summed E-state index contributed by atoms with van der Waals surface area (Å²) >= 11 is 0. The lowest BCUT2D eigenvalue weighted by Crippen LogP contribution is -2.30. The highest BCUT2D eigenvalue weighted by Crippen LogP contribution is 2.23. The van der Waals surface area contributed by atoms with Crippen LogP contribution in [0.25, 0.3) is 5.52 Å². The molecule has 2 rings (SSSR count). The maximum absolute atomic E-state index is 9.03. The number of aromatic nitrogens is 2. The van der Waals surface area contributed by atoms with Crippen molar-refractivity contribution in [2.24, 2.45) is 5.73 Å². The highest BCUT2D eigenvalue weighted by atomic mass is 15.0. The molecule has 2 N–H and O–H groups in total. The van der Waals surface area contributed by atoms with E-state index in [1.165, 1.54) is 0 Å². The van der Waals surface area contributed by atoms with Crippen LogP contribution in [0.3, 0.4) is 0 Å². The van der Waals surface area contributed by atoms with Crippen LogP contribution in [0.2, 0.25) is 0 Å². The molecule has 16 heavy (non-hydrogen) atoms.